The van der Waals surface area contributed by atoms with Crippen LogP contribution in [0.5, 0.6) is 0 Å². The maximum Gasteiger partial charge on any atom is 0.154 e. The highest BCUT2D eigenvalue weighted by Crippen LogP contribution is 2.19. The van der Waals surface area contributed by atoms with Crippen molar-refractivity contribution in [2.75, 3.05) is 13.1 Å². The molecule has 2 aromatic rings. The van der Waals surface area contributed by atoms with E-state index in [9.17, 15) is 0 Å². The van der Waals surface area contributed by atoms with Gasteiger partial charge >= 0.3 is 0 Å². The average molecular weight is 277 g/mol. The number of aromatic nitrogens is 2. The molecule has 112 valence electrons. The fourth-order valence-electron chi connectivity index (χ4n) is 1.98. The van der Waals surface area contributed by atoms with Gasteiger partial charge in [-0.25, -0.2) is 0 Å². The molecule has 0 fully saturated rings. The fraction of sp³-hybridized carbons (Fsp3) is 0.562. The Bertz CT molecular complexity index is 460. The van der Waals surface area contributed by atoms with Crippen LogP contribution in [0.1, 0.15) is 39.3 Å². The highest BCUT2D eigenvalue weighted by atomic mass is 16.3. The van der Waals surface area contributed by atoms with Gasteiger partial charge in [0.25, 0.3) is 0 Å². The molecular weight excluding hydrogens is 250 g/mol. The molecule has 0 spiro atoms. The zero-order chi connectivity index (χ0) is 14.8. The van der Waals surface area contributed by atoms with Gasteiger partial charge in [0.05, 0.1) is 6.26 Å². The Balaban J connectivity index is 0.000000956. The normalized spacial score (nSPS) is 10.2. The van der Waals surface area contributed by atoms with E-state index in [-0.39, 0.29) is 0 Å². The van der Waals surface area contributed by atoms with Gasteiger partial charge < -0.3 is 9.73 Å². The third-order valence-corrected chi connectivity index (χ3v) is 2.96. The van der Waals surface area contributed by atoms with Crippen molar-refractivity contribution in [1.82, 2.24) is 15.1 Å². The van der Waals surface area contributed by atoms with E-state index in [0.717, 1.165) is 37.4 Å². The molecule has 0 aromatic carbocycles. The topological polar surface area (TPSA) is 43.0 Å². The summed E-state index contributed by atoms with van der Waals surface area (Å²) in [6.07, 6.45) is 5.05. The molecule has 0 atom stereocenters. The molecule has 0 saturated carbocycles. The van der Waals surface area contributed by atoms with Gasteiger partial charge in [-0.05, 0) is 50.6 Å². The van der Waals surface area contributed by atoms with Crippen molar-refractivity contribution in [2.45, 2.75) is 40.0 Å². The summed E-state index contributed by atoms with van der Waals surface area (Å²) in [6, 6.07) is 5.94. The van der Waals surface area contributed by atoms with E-state index in [4.69, 9.17) is 4.42 Å². The quantitative estimate of drug-likeness (QED) is 0.786. The smallest absolute Gasteiger partial charge is 0.154 e. The second-order valence-corrected chi connectivity index (χ2v) is 4.48. The Kier molecular flexibility index (Phi) is 7.73. The minimum Gasteiger partial charge on any atom is -0.463 e. The average Bonchev–Trinajstić information content (AvgIpc) is 3.11. The molecule has 0 aliphatic carbocycles. The summed E-state index contributed by atoms with van der Waals surface area (Å²) in [4.78, 5) is 0. The Labute approximate surface area is 122 Å². The van der Waals surface area contributed by atoms with Crippen molar-refractivity contribution in [3.05, 3.63) is 30.2 Å². The van der Waals surface area contributed by atoms with Crippen LogP contribution in [0.3, 0.4) is 0 Å². The first-order chi connectivity index (χ1) is 9.81. The monoisotopic (exact) mass is 277 g/mol. The highest BCUT2D eigenvalue weighted by molar-refractivity contribution is 5.52. The van der Waals surface area contributed by atoms with Gasteiger partial charge in [-0.15, -0.1) is 0 Å². The molecule has 2 heterocycles. The standard InChI is InChI=1S/C14H21N3O.C2H6/c1-3-8-15-9-4-6-12-11-13(16-17(12)2)14-7-5-10-18-14;1-2/h5,7,10-11,15H,3-4,6,8-9H2,1-2H3;1-2H3. The molecule has 4 nitrogen and oxygen atoms in total. The van der Waals surface area contributed by atoms with E-state index in [1.165, 1.54) is 12.1 Å². The van der Waals surface area contributed by atoms with Gasteiger partial charge in [0.1, 0.15) is 5.69 Å². The predicted molar refractivity (Wildman–Crippen MR) is 83.7 cm³/mol. The van der Waals surface area contributed by atoms with Gasteiger partial charge in [0, 0.05) is 12.7 Å². The summed E-state index contributed by atoms with van der Waals surface area (Å²) in [6.45, 7) is 8.35. The van der Waals surface area contributed by atoms with Crippen molar-refractivity contribution in [3.8, 4) is 11.5 Å². The molecule has 0 aliphatic heterocycles. The Morgan fingerprint density at radius 1 is 1.30 bits per heavy atom. The molecule has 0 aliphatic rings. The van der Waals surface area contributed by atoms with E-state index < -0.39 is 0 Å². The summed E-state index contributed by atoms with van der Waals surface area (Å²) in [5.74, 6) is 0.834. The fourth-order valence-corrected chi connectivity index (χ4v) is 1.98. The van der Waals surface area contributed by atoms with Crippen LogP contribution in [0.25, 0.3) is 11.5 Å². The van der Waals surface area contributed by atoms with E-state index in [1.807, 2.05) is 37.7 Å². The SMILES string of the molecule is CC.CCCNCCCc1cc(-c2ccco2)nn1C. The molecule has 2 rings (SSSR count). The minimum atomic E-state index is 0.834. The van der Waals surface area contributed by atoms with Crippen LogP contribution in [-0.4, -0.2) is 22.9 Å². The Hall–Kier alpha value is -1.55. The minimum absolute atomic E-state index is 0.834. The van der Waals surface area contributed by atoms with Crippen molar-refractivity contribution in [3.63, 3.8) is 0 Å². The number of furan rings is 1. The first-order valence-electron chi connectivity index (χ1n) is 7.58. The second kappa shape index (κ2) is 9.37. The van der Waals surface area contributed by atoms with Crippen molar-refractivity contribution in [1.29, 1.82) is 0 Å². The van der Waals surface area contributed by atoms with E-state index in [0.29, 0.717) is 0 Å². The van der Waals surface area contributed by atoms with Crippen molar-refractivity contribution >= 4 is 0 Å². The van der Waals surface area contributed by atoms with E-state index in [1.54, 1.807) is 6.26 Å². The maximum atomic E-state index is 5.36. The van der Waals surface area contributed by atoms with Crippen LogP contribution < -0.4 is 5.32 Å². The number of hydrogen-bond donors (Lipinski definition) is 1. The third-order valence-electron chi connectivity index (χ3n) is 2.96. The van der Waals surface area contributed by atoms with Gasteiger partial charge in [0.2, 0.25) is 0 Å². The van der Waals surface area contributed by atoms with Crippen LogP contribution in [0.15, 0.2) is 28.9 Å². The molecule has 20 heavy (non-hydrogen) atoms. The first-order valence-corrected chi connectivity index (χ1v) is 7.58. The first kappa shape index (κ1) is 16.5. The number of aryl methyl sites for hydroxylation is 2. The lowest BCUT2D eigenvalue weighted by Gasteiger charge is -2.03. The van der Waals surface area contributed by atoms with Gasteiger partial charge in [0.15, 0.2) is 5.76 Å². The van der Waals surface area contributed by atoms with Crippen molar-refractivity contribution < 1.29 is 4.42 Å². The summed E-state index contributed by atoms with van der Waals surface area (Å²) in [7, 11) is 1.99. The summed E-state index contributed by atoms with van der Waals surface area (Å²) in [5, 5.41) is 7.88. The van der Waals surface area contributed by atoms with Crippen molar-refractivity contribution in [2.24, 2.45) is 7.05 Å². The molecule has 0 saturated heterocycles. The summed E-state index contributed by atoms with van der Waals surface area (Å²) < 4.78 is 7.30. The second-order valence-electron chi connectivity index (χ2n) is 4.48. The van der Waals surface area contributed by atoms with Crippen LogP contribution in [0, 0.1) is 0 Å². The molecule has 1 N–H and O–H groups in total. The lowest BCUT2D eigenvalue weighted by Crippen LogP contribution is -2.16. The molecule has 0 radical (unpaired) electrons. The predicted octanol–water partition coefficient (Wildman–Crippen LogP) is 3.64. The van der Waals surface area contributed by atoms with Crippen LogP contribution in [-0.2, 0) is 13.5 Å². The lowest BCUT2D eigenvalue weighted by molar-refractivity contribution is 0.577. The van der Waals surface area contributed by atoms with E-state index >= 15 is 0 Å². The molecule has 0 unspecified atom stereocenters. The zero-order valence-corrected chi connectivity index (χ0v) is 13.1. The molecule has 0 bridgehead atoms. The number of rotatable bonds is 7. The van der Waals surface area contributed by atoms with Gasteiger partial charge in [-0.2, -0.15) is 5.10 Å². The number of nitrogens with one attached hydrogen (secondary N) is 1. The van der Waals surface area contributed by atoms with Crippen LogP contribution in [0.2, 0.25) is 0 Å². The van der Waals surface area contributed by atoms with Gasteiger partial charge in [-0.3, -0.25) is 4.68 Å². The Morgan fingerprint density at radius 3 is 2.75 bits per heavy atom. The molecule has 4 heteroatoms. The van der Waals surface area contributed by atoms with E-state index in [2.05, 4.69) is 23.4 Å². The largest absolute Gasteiger partial charge is 0.463 e. The summed E-state index contributed by atoms with van der Waals surface area (Å²) in [5.41, 5.74) is 2.17. The molecule has 2 aromatic heterocycles. The molecule has 0 amide bonds. The van der Waals surface area contributed by atoms with Gasteiger partial charge in [-0.1, -0.05) is 20.8 Å². The Morgan fingerprint density at radius 2 is 2.10 bits per heavy atom. The lowest BCUT2D eigenvalue weighted by atomic mass is 10.2. The molecular formula is C16H27N3O. The number of nitrogens with zero attached hydrogens (tertiary/aromatic N) is 2. The third kappa shape index (κ3) is 4.85. The van der Waals surface area contributed by atoms with Crippen LogP contribution >= 0.6 is 0 Å². The maximum absolute atomic E-state index is 5.36. The number of hydrogen-bond acceptors (Lipinski definition) is 3. The highest BCUT2D eigenvalue weighted by Gasteiger charge is 2.08. The zero-order valence-electron chi connectivity index (χ0n) is 13.1. The summed E-state index contributed by atoms with van der Waals surface area (Å²) >= 11 is 0. The van der Waals surface area contributed by atoms with Crippen LogP contribution in [0.4, 0.5) is 0 Å².